The van der Waals surface area contributed by atoms with E-state index in [4.69, 9.17) is 16.6 Å². The third-order valence-corrected chi connectivity index (χ3v) is 7.72. The normalized spacial score (nSPS) is 12.4. The lowest BCUT2D eigenvalue weighted by Crippen LogP contribution is -2.40. The van der Waals surface area contributed by atoms with E-state index in [1.54, 1.807) is 0 Å². The van der Waals surface area contributed by atoms with Crippen molar-refractivity contribution in [2.24, 2.45) is 5.92 Å². The molecule has 0 fully saturated rings. The number of amides is 1. The molecule has 0 radical (unpaired) electrons. The van der Waals surface area contributed by atoms with E-state index in [1.807, 2.05) is 55.5 Å². The Morgan fingerprint density at radius 2 is 1.64 bits per heavy atom. The molecule has 0 bridgehead atoms. The van der Waals surface area contributed by atoms with E-state index in [2.05, 4.69) is 66.3 Å². The van der Waals surface area contributed by atoms with E-state index in [9.17, 15) is 4.79 Å². The van der Waals surface area contributed by atoms with Crippen LogP contribution in [0.3, 0.4) is 0 Å². The summed E-state index contributed by atoms with van der Waals surface area (Å²) in [5, 5.41) is 0.659. The first kappa shape index (κ1) is 28.8. The summed E-state index contributed by atoms with van der Waals surface area (Å²) < 4.78 is 2.27. The number of hydrogen-bond donors (Lipinski definition) is 0. The van der Waals surface area contributed by atoms with Crippen LogP contribution in [0.4, 0.5) is 0 Å². The Morgan fingerprint density at radius 3 is 2.28 bits per heavy atom. The number of carbonyl (C=O) groups is 1. The van der Waals surface area contributed by atoms with Gasteiger partial charge in [-0.15, -0.1) is 0 Å². The van der Waals surface area contributed by atoms with Crippen LogP contribution in [-0.4, -0.2) is 51.4 Å². The van der Waals surface area contributed by atoms with Gasteiger partial charge in [0.25, 0.3) is 5.91 Å². The molecular weight excluding hydrogens is 504 g/mol. The molecule has 1 amide bonds. The fraction of sp³-hybridized carbons (Fsp3) is 0.394. The number of fused-ring (bicyclic) bond motifs is 1. The monoisotopic (exact) mass is 544 g/mol. The lowest BCUT2D eigenvalue weighted by atomic mass is 9.99. The largest absolute Gasteiger partial charge is 0.328 e. The number of aryl methyl sites for hydroxylation is 1. The smallest absolute Gasteiger partial charge is 0.254 e. The summed E-state index contributed by atoms with van der Waals surface area (Å²) in [5.41, 5.74) is 4.91. The molecule has 0 aliphatic heterocycles. The number of aromatic nitrogens is 2. The van der Waals surface area contributed by atoms with Crippen LogP contribution in [-0.2, 0) is 6.54 Å². The van der Waals surface area contributed by atoms with Gasteiger partial charge < -0.3 is 14.4 Å². The van der Waals surface area contributed by atoms with Crippen LogP contribution in [0.1, 0.15) is 67.5 Å². The second-order valence-electron chi connectivity index (χ2n) is 10.6. The van der Waals surface area contributed by atoms with E-state index >= 15 is 0 Å². The average molecular weight is 545 g/mol. The third kappa shape index (κ3) is 6.90. The quantitative estimate of drug-likeness (QED) is 0.184. The Morgan fingerprint density at radius 1 is 0.949 bits per heavy atom. The highest BCUT2D eigenvalue weighted by atomic mass is 35.5. The van der Waals surface area contributed by atoms with Crippen LogP contribution in [0, 0.1) is 12.8 Å². The molecule has 1 atom stereocenters. The summed E-state index contributed by atoms with van der Waals surface area (Å²) in [6.45, 7) is 15.1. The highest BCUT2D eigenvalue weighted by Crippen LogP contribution is 2.33. The van der Waals surface area contributed by atoms with E-state index in [0.29, 0.717) is 23.7 Å². The molecule has 0 aliphatic carbocycles. The van der Waals surface area contributed by atoms with Crippen LogP contribution in [0.2, 0.25) is 5.02 Å². The van der Waals surface area contributed by atoms with E-state index in [0.717, 1.165) is 48.5 Å². The summed E-state index contributed by atoms with van der Waals surface area (Å²) in [6.07, 6.45) is 0.896. The Balaban J connectivity index is 1.81. The molecule has 5 nitrogen and oxygen atoms in total. The molecule has 0 spiro atoms. The van der Waals surface area contributed by atoms with Crippen molar-refractivity contribution in [1.82, 2.24) is 19.4 Å². The van der Waals surface area contributed by atoms with E-state index in [1.165, 1.54) is 5.56 Å². The van der Waals surface area contributed by atoms with E-state index < -0.39 is 0 Å². The molecule has 39 heavy (non-hydrogen) atoms. The first-order chi connectivity index (χ1) is 18.8. The number of halogens is 1. The Labute approximate surface area is 238 Å². The molecule has 0 aliphatic rings. The molecule has 0 N–H and O–H groups in total. The minimum Gasteiger partial charge on any atom is -0.328 e. The predicted octanol–water partition coefficient (Wildman–Crippen LogP) is 7.62. The average Bonchev–Trinajstić information content (AvgIpc) is 3.27. The second kappa shape index (κ2) is 13.3. The van der Waals surface area contributed by atoms with Crippen molar-refractivity contribution in [2.45, 2.75) is 53.6 Å². The van der Waals surface area contributed by atoms with Gasteiger partial charge in [0, 0.05) is 23.7 Å². The summed E-state index contributed by atoms with van der Waals surface area (Å²) in [4.78, 5) is 23.8. The molecular formula is C33H41ClN4O. The van der Waals surface area contributed by atoms with Gasteiger partial charge >= 0.3 is 0 Å². The maximum atomic E-state index is 14.2. The number of benzene rings is 3. The fourth-order valence-corrected chi connectivity index (χ4v) is 5.48. The first-order valence-corrected chi connectivity index (χ1v) is 14.5. The molecule has 1 unspecified atom stereocenters. The molecule has 1 aromatic heterocycles. The van der Waals surface area contributed by atoms with Crippen molar-refractivity contribution in [3.63, 3.8) is 0 Å². The zero-order valence-corrected chi connectivity index (χ0v) is 24.7. The maximum Gasteiger partial charge on any atom is 0.254 e. The number of imidazole rings is 1. The molecule has 4 rings (SSSR count). The van der Waals surface area contributed by atoms with Gasteiger partial charge in [-0.05, 0) is 74.8 Å². The van der Waals surface area contributed by atoms with Gasteiger partial charge in [0.05, 0.1) is 17.1 Å². The zero-order valence-electron chi connectivity index (χ0n) is 23.9. The number of hydrogen-bond acceptors (Lipinski definition) is 3. The van der Waals surface area contributed by atoms with Gasteiger partial charge in [0.15, 0.2) is 0 Å². The van der Waals surface area contributed by atoms with Gasteiger partial charge in [0.2, 0.25) is 0 Å². The highest BCUT2D eigenvalue weighted by Gasteiger charge is 2.33. The summed E-state index contributed by atoms with van der Waals surface area (Å²) >= 11 is 6.40. The molecule has 4 aromatic rings. The lowest BCUT2D eigenvalue weighted by Gasteiger charge is -2.35. The van der Waals surface area contributed by atoms with Gasteiger partial charge in [-0.3, -0.25) is 4.79 Å². The van der Waals surface area contributed by atoms with Crippen molar-refractivity contribution in [2.75, 3.05) is 26.2 Å². The van der Waals surface area contributed by atoms with Crippen molar-refractivity contribution < 1.29 is 4.79 Å². The first-order valence-electron chi connectivity index (χ1n) is 14.1. The second-order valence-corrected chi connectivity index (χ2v) is 11.0. The number of carbonyl (C=O) groups excluding carboxylic acids is 1. The highest BCUT2D eigenvalue weighted by molar-refractivity contribution is 6.31. The summed E-state index contributed by atoms with van der Waals surface area (Å²) in [5.74, 6) is 1.09. The van der Waals surface area contributed by atoms with Crippen LogP contribution in [0.15, 0.2) is 72.8 Å². The third-order valence-electron chi connectivity index (χ3n) is 7.48. The van der Waals surface area contributed by atoms with Crippen LogP contribution in [0.5, 0.6) is 0 Å². The molecule has 1 heterocycles. The van der Waals surface area contributed by atoms with Gasteiger partial charge in [0.1, 0.15) is 5.82 Å². The topological polar surface area (TPSA) is 41.4 Å². The predicted molar refractivity (Wildman–Crippen MR) is 162 cm³/mol. The lowest BCUT2D eigenvalue weighted by molar-refractivity contribution is 0.0595. The molecule has 3 aromatic carbocycles. The van der Waals surface area contributed by atoms with Gasteiger partial charge in [-0.1, -0.05) is 87.3 Å². The Bertz CT molecular complexity index is 1360. The Hall–Kier alpha value is -3.15. The van der Waals surface area contributed by atoms with Crippen LogP contribution < -0.4 is 0 Å². The minimum absolute atomic E-state index is 0.0459. The van der Waals surface area contributed by atoms with Gasteiger partial charge in [-0.25, -0.2) is 4.98 Å². The SMILES string of the molecule is CCN(CC)CCCN(C(=O)c1ccc(C)cc1)C(c1nc2cc(Cl)ccc2n1Cc1ccccc1)C(C)C. The molecule has 206 valence electrons. The molecule has 0 saturated heterocycles. The summed E-state index contributed by atoms with van der Waals surface area (Å²) in [7, 11) is 0. The zero-order chi connectivity index (χ0) is 27.9. The number of rotatable bonds is 12. The molecule has 0 saturated carbocycles. The summed E-state index contributed by atoms with van der Waals surface area (Å²) in [6, 6.07) is 24.0. The van der Waals surface area contributed by atoms with Crippen molar-refractivity contribution in [3.05, 3.63) is 100 Å². The van der Waals surface area contributed by atoms with Crippen LogP contribution >= 0.6 is 11.6 Å². The van der Waals surface area contributed by atoms with Crippen molar-refractivity contribution >= 4 is 28.5 Å². The maximum absolute atomic E-state index is 14.2. The number of nitrogens with zero attached hydrogens (tertiary/aromatic N) is 4. The van der Waals surface area contributed by atoms with Gasteiger partial charge in [-0.2, -0.15) is 0 Å². The standard InChI is InChI=1S/C33H41ClN4O/c1-6-36(7-2)20-11-21-37(33(39)27-16-14-25(5)15-17-27)31(24(3)4)32-35-29-22-28(34)18-19-30(29)38(32)23-26-12-9-8-10-13-26/h8-10,12-19,22,24,31H,6-7,11,20-21,23H2,1-5H3. The van der Waals surface area contributed by atoms with Crippen molar-refractivity contribution in [1.29, 1.82) is 0 Å². The fourth-order valence-electron chi connectivity index (χ4n) is 5.31. The van der Waals surface area contributed by atoms with E-state index in [-0.39, 0.29) is 17.9 Å². The molecule has 6 heteroatoms. The van der Waals surface area contributed by atoms with Crippen LogP contribution in [0.25, 0.3) is 11.0 Å². The minimum atomic E-state index is -0.203. The van der Waals surface area contributed by atoms with Crippen molar-refractivity contribution in [3.8, 4) is 0 Å². The Kier molecular flexibility index (Phi) is 9.82.